The van der Waals surface area contributed by atoms with Crippen LogP contribution >= 0.6 is 11.3 Å². The molecule has 3 aromatic rings. The summed E-state index contributed by atoms with van der Waals surface area (Å²) >= 11 is 1.58. The lowest BCUT2D eigenvalue weighted by molar-refractivity contribution is 0.102. The Morgan fingerprint density at radius 1 is 1.23 bits per heavy atom. The van der Waals surface area contributed by atoms with Crippen molar-refractivity contribution < 1.29 is 4.79 Å². The van der Waals surface area contributed by atoms with Crippen LogP contribution < -0.4 is 10.6 Å². The number of H-pyrrole nitrogens is 1. The molecule has 6 nitrogen and oxygen atoms in total. The molecule has 0 unspecified atom stereocenters. The van der Waals surface area contributed by atoms with Gasteiger partial charge in [-0.1, -0.05) is 30.3 Å². The minimum absolute atomic E-state index is 0.192. The molecule has 0 saturated carbocycles. The van der Waals surface area contributed by atoms with Crippen LogP contribution in [0.15, 0.2) is 35.7 Å². The third-order valence-corrected chi connectivity index (χ3v) is 5.68. The molecule has 4 rings (SSSR count). The van der Waals surface area contributed by atoms with E-state index in [2.05, 4.69) is 25.8 Å². The number of piperidine rings is 1. The Morgan fingerprint density at radius 2 is 2.00 bits per heavy atom. The highest BCUT2D eigenvalue weighted by Gasteiger charge is 2.22. The lowest BCUT2D eigenvalue weighted by Gasteiger charge is -2.20. The largest absolute Gasteiger partial charge is 0.317 e. The summed E-state index contributed by atoms with van der Waals surface area (Å²) in [6, 6.07) is 9.82. The van der Waals surface area contributed by atoms with Crippen LogP contribution in [0, 0.1) is 6.92 Å². The molecule has 0 spiro atoms. The number of benzene rings is 1. The van der Waals surface area contributed by atoms with Crippen molar-refractivity contribution in [2.75, 3.05) is 18.4 Å². The maximum Gasteiger partial charge on any atom is 0.275 e. The molecular weight excluding hydrogens is 346 g/mol. The molecule has 1 aliphatic heterocycles. The van der Waals surface area contributed by atoms with Crippen molar-refractivity contribution in [3.63, 3.8) is 0 Å². The molecule has 134 valence electrons. The number of amides is 1. The topological polar surface area (TPSA) is 82.7 Å². The standard InChI is InChI=1S/C19H21N5OS/c1-12-16(17(24-23-12)13-5-3-2-4-6-13)22-18(25)15-11-26-19(21-15)14-7-9-20-10-8-14/h2-6,11,14,20H,7-10H2,1H3,(H,22,25)(H,23,24). The van der Waals surface area contributed by atoms with Gasteiger partial charge in [-0.2, -0.15) is 5.10 Å². The van der Waals surface area contributed by atoms with Gasteiger partial charge in [0.2, 0.25) is 0 Å². The van der Waals surface area contributed by atoms with Gasteiger partial charge in [0.25, 0.3) is 5.91 Å². The third kappa shape index (κ3) is 3.40. The first-order chi connectivity index (χ1) is 12.7. The number of hydrogen-bond donors (Lipinski definition) is 3. The number of hydrogen-bond acceptors (Lipinski definition) is 5. The maximum atomic E-state index is 12.7. The van der Waals surface area contributed by atoms with Gasteiger partial charge in [0, 0.05) is 16.9 Å². The molecule has 1 aliphatic rings. The summed E-state index contributed by atoms with van der Waals surface area (Å²) in [5.74, 6) is 0.265. The smallest absolute Gasteiger partial charge is 0.275 e. The van der Waals surface area contributed by atoms with E-state index in [0.717, 1.165) is 47.9 Å². The second-order valence-electron chi connectivity index (χ2n) is 6.49. The summed E-state index contributed by atoms with van der Waals surface area (Å²) in [7, 11) is 0. The first-order valence-corrected chi connectivity index (χ1v) is 9.68. The van der Waals surface area contributed by atoms with Crippen LogP contribution in [0.5, 0.6) is 0 Å². The van der Waals surface area contributed by atoms with Gasteiger partial charge in [0.05, 0.1) is 16.4 Å². The van der Waals surface area contributed by atoms with Crippen molar-refractivity contribution in [3.05, 3.63) is 52.1 Å². The molecular formula is C19H21N5OS. The maximum absolute atomic E-state index is 12.7. The molecule has 0 aliphatic carbocycles. The van der Waals surface area contributed by atoms with Crippen molar-refractivity contribution in [2.45, 2.75) is 25.7 Å². The average molecular weight is 367 g/mol. The van der Waals surface area contributed by atoms with E-state index < -0.39 is 0 Å². The van der Waals surface area contributed by atoms with Crippen LogP contribution in [-0.4, -0.2) is 34.2 Å². The molecule has 2 aromatic heterocycles. The molecule has 1 amide bonds. The minimum Gasteiger partial charge on any atom is -0.317 e. The fourth-order valence-corrected chi connectivity index (χ4v) is 4.18. The summed E-state index contributed by atoms with van der Waals surface area (Å²) in [5, 5.41) is 16.6. The van der Waals surface area contributed by atoms with Gasteiger partial charge in [-0.25, -0.2) is 4.98 Å². The van der Waals surface area contributed by atoms with Crippen molar-refractivity contribution in [1.82, 2.24) is 20.5 Å². The Bertz CT molecular complexity index is 896. The van der Waals surface area contributed by atoms with E-state index in [-0.39, 0.29) is 5.91 Å². The highest BCUT2D eigenvalue weighted by atomic mass is 32.1. The average Bonchev–Trinajstić information content (AvgIpc) is 3.31. The van der Waals surface area contributed by atoms with Gasteiger partial charge in [-0.3, -0.25) is 9.89 Å². The molecule has 1 fully saturated rings. The zero-order valence-electron chi connectivity index (χ0n) is 14.6. The summed E-state index contributed by atoms with van der Waals surface area (Å²) in [6.07, 6.45) is 2.15. The fraction of sp³-hybridized carbons (Fsp3) is 0.316. The monoisotopic (exact) mass is 367 g/mol. The second-order valence-corrected chi connectivity index (χ2v) is 7.38. The van der Waals surface area contributed by atoms with Gasteiger partial charge in [0.15, 0.2) is 0 Å². The van der Waals surface area contributed by atoms with Crippen LogP contribution in [0.3, 0.4) is 0 Å². The lowest BCUT2D eigenvalue weighted by atomic mass is 9.99. The number of aryl methyl sites for hydroxylation is 1. The van der Waals surface area contributed by atoms with Crippen LogP contribution in [0.4, 0.5) is 5.69 Å². The van der Waals surface area contributed by atoms with E-state index in [1.54, 1.807) is 11.3 Å². The zero-order chi connectivity index (χ0) is 17.9. The fourth-order valence-electron chi connectivity index (χ4n) is 3.21. The Labute approximate surface area is 156 Å². The zero-order valence-corrected chi connectivity index (χ0v) is 15.4. The van der Waals surface area contributed by atoms with Gasteiger partial charge in [0.1, 0.15) is 11.4 Å². The number of anilines is 1. The minimum atomic E-state index is -0.192. The van der Waals surface area contributed by atoms with E-state index in [4.69, 9.17) is 0 Å². The van der Waals surface area contributed by atoms with Gasteiger partial charge in [-0.05, 0) is 32.9 Å². The van der Waals surface area contributed by atoms with E-state index >= 15 is 0 Å². The number of nitrogens with zero attached hydrogens (tertiary/aromatic N) is 2. The number of thiazole rings is 1. The normalized spacial score (nSPS) is 15.1. The Hall–Kier alpha value is -2.51. The molecule has 0 radical (unpaired) electrons. The number of carbonyl (C=O) groups excluding carboxylic acids is 1. The van der Waals surface area contributed by atoms with Crippen molar-refractivity contribution >= 4 is 22.9 Å². The summed E-state index contributed by atoms with van der Waals surface area (Å²) in [4.78, 5) is 17.3. The quantitative estimate of drug-likeness (QED) is 0.658. The molecule has 1 saturated heterocycles. The molecule has 0 bridgehead atoms. The molecule has 0 atom stereocenters. The number of aromatic nitrogens is 3. The van der Waals surface area contributed by atoms with Crippen LogP contribution in [0.2, 0.25) is 0 Å². The Balaban J connectivity index is 1.54. The molecule has 1 aromatic carbocycles. The van der Waals surface area contributed by atoms with Crippen molar-refractivity contribution in [1.29, 1.82) is 0 Å². The highest BCUT2D eigenvalue weighted by Crippen LogP contribution is 2.30. The number of carbonyl (C=O) groups is 1. The molecule has 3 heterocycles. The van der Waals surface area contributed by atoms with Gasteiger partial charge >= 0.3 is 0 Å². The van der Waals surface area contributed by atoms with E-state index in [0.29, 0.717) is 17.3 Å². The van der Waals surface area contributed by atoms with E-state index in [9.17, 15) is 4.79 Å². The molecule has 26 heavy (non-hydrogen) atoms. The van der Waals surface area contributed by atoms with E-state index in [1.807, 2.05) is 42.6 Å². The molecule has 3 N–H and O–H groups in total. The van der Waals surface area contributed by atoms with Crippen LogP contribution in [-0.2, 0) is 0 Å². The predicted octanol–water partition coefficient (Wildman–Crippen LogP) is 3.56. The highest BCUT2D eigenvalue weighted by molar-refractivity contribution is 7.10. The first kappa shape index (κ1) is 16.9. The number of nitrogens with one attached hydrogen (secondary N) is 3. The van der Waals surface area contributed by atoms with E-state index in [1.165, 1.54) is 0 Å². The van der Waals surface area contributed by atoms with Crippen LogP contribution in [0.25, 0.3) is 11.3 Å². The third-order valence-electron chi connectivity index (χ3n) is 4.68. The Morgan fingerprint density at radius 3 is 2.77 bits per heavy atom. The van der Waals surface area contributed by atoms with Crippen molar-refractivity contribution in [2.24, 2.45) is 0 Å². The SMILES string of the molecule is Cc1[nH]nc(-c2ccccc2)c1NC(=O)c1csc(C2CCNCC2)n1. The second kappa shape index (κ2) is 7.39. The number of aromatic amines is 1. The molecule has 7 heteroatoms. The predicted molar refractivity (Wildman–Crippen MR) is 104 cm³/mol. The van der Waals surface area contributed by atoms with Gasteiger partial charge < -0.3 is 10.6 Å². The van der Waals surface area contributed by atoms with Gasteiger partial charge in [-0.15, -0.1) is 11.3 Å². The number of rotatable bonds is 4. The first-order valence-electron chi connectivity index (χ1n) is 8.80. The Kier molecular flexibility index (Phi) is 4.81. The van der Waals surface area contributed by atoms with Crippen molar-refractivity contribution in [3.8, 4) is 11.3 Å². The van der Waals surface area contributed by atoms with Crippen LogP contribution in [0.1, 0.15) is 39.9 Å². The summed E-state index contributed by atoms with van der Waals surface area (Å²) in [6.45, 7) is 3.93. The lowest BCUT2D eigenvalue weighted by Crippen LogP contribution is -2.26. The summed E-state index contributed by atoms with van der Waals surface area (Å²) in [5.41, 5.74) is 3.71. The summed E-state index contributed by atoms with van der Waals surface area (Å²) < 4.78 is 0.